The summed E-state index contributed by atoms with van der Waals surface area (Å²) in [7, 11) is 3.96. The molecule has 1 heterocycles. The van der Waals surface area contributed by atoms with E-state index in [0.29, 0.717) is 37.5 Å². The first-order valence-electron chi connectivity index (χ1n) is 8.73. The van der Waals surface area contributed by atoms with Gasteiger partial charge >= 0.3 is 0 Å². The van der Waals surface area contributed by atoms with Crippen LogP contribution in [-0.2, 0) is 4.79 Å². The molecule has 0 bridgehead atoms. The van der Waals surface area contributed by atoms with Gasteiger partial charge in [0.15, 0.2) is 0 Å². The second-order valence-electron chi connectivity index (χ2n) is 7.07. The number of carbonyl (C=O) groups is 2. The lowest BCUT2D eigenvalue weighted by molar-refractivity contribution is -0.131. The van der Waals surface area contributed by atoms with Crippen molar-refractivity contribution in [3.8, 4) is 0 Å². The molecule has 5 nitrogen and oxygen atoms in total. The third-order valence-electron chi connectivity index (χ3n) is 4.35. The van der Waals surface area contributed by atoms with Crippen molar-refractivity contribution in [2.24, 2.45) is 5.92 Å². The molecule has 0 spiro atoms. The Balaban J connectivity index is 1.97. The van der Waals surface area contributed by atoms with Gasteiger partial charge in [-0.1, -0.05) is 13.8 Å². The summed E-state index contributed by atoms with van der Waals surface area (Å²) in [6.45, 7) is 6.81. The van der Waals surface area contributed by atoms with Crippen molar-refractivity contribution in [1.82, 2.24) is 9.80 Å². The van der Waals surface area contributed by atoms with Gasteiger partial charge in [0.05, 0.1) is 0 Å². The van der Waals surface area contributed by atoms with E-state index in [0.717, 1.165) is 18.7 Å². The summed E-state index contributed by atoms with van der Waals surface area (Å²) in [4.78, 5) is 30.7. The molecule has 1 saturated heterocycles. The zero-order chi connectivity index (χ0) is 17.7. The molecule has 0 aliphatic carbocycles. The minimum absolute atomic E-state index is 0.0541. The van der Waals surface area contributed by atoms with Crippen molar-refractivity contribution in [2.45, 2.75) is 26.7 Å². The van der Waals surface area contributed by atoms with Crippen LogP contribution in [0.5, 0.6) is 0 Å². The van der Waals surface area contributed by atoms with Crippen LogP contribution in [0.25, 0.3) is 0 Å². The van der Waals surface area contributed by atoms with Gasteiger partial charge in [-0.05, 0) is 36.6 Å². The fraction of sp³-hybridized carbons (Fsp3) is 0.579. The van der Waals surface area contributed by atoms with Crippen LogP contribution in [0, 0.1) is 5.92 Å². The normalized spacial score (nSPS) is 15.4. The number of benzene rings is 1. The number of nitrogens with zero attached hydrogens (tertiary/aromatic N) is 3. The number of anilines is 1. The summed E-state index contributed by atoms with van der Waals surface area (Å²) in [5.74, 6) is 0.627. The van der Waals surface area contributed by atoms with Gasteiger partial charge < -0.3 is 14.7 Å². The van der Waals surface area contributed by atoms with Crippen molar-refractivity contribution < 1.29 is 9.59 Å². The minimum Gasteiger partial charge on any atom is -0.378 e. The lowest BCUT2D eigenvalue weighted by Crippen LogP contribution is -2.37. The van der Waals surface area contributed by atoms with Gasteiger partial charge in [0, 0.05) is 57.9 Å². The number of hydrogen-bond acceptors (Lipinski definition) is 3. The van der Waals surface area contributed by atoms with E-state index in [1.54, 1.807) is 0 Å². The molecule has 1 aliphatic rings. The Bertz CT molecular complexity index is 566. The van der Waals surface area contributed by atoms with Crippen molar-refractivity contribution in [3.05, 3.63) is 29.8 Å². The van der Waals surface area contributed by atoms with Crippen LogP contribution < -0.4 is 4.90 Å². The van der Waals surface area contributed by atoms with E-state index in [9.17, 15) is 9.59 Å². The molecule has 0 atom stereocenters. The Morgan fingerprint density at radius 3 is 2.17 bits per heavy atom. The average molecular weight is 331 g/mol. The van der Waals surface area contributed by atoms with E-state index in [2.05, 4.69) is 13.8 Å². The molecular formula is C19H29N3O2. The summed E-state index contributed by atoms with van der Waals surface area (Å²) < 4.78 is 0. The second kappa shape index (κ2) is 8.18. The SMILES string of the molecule is CC(C)CC(=O)N1CCCN(C(=O)c2ccc(N(C)C)cc2)CC1. The highest BCUT2D eigenvalue weighted by Gasteiger charge is 2.23. The van der Waals surface area contributed by atoms with Gasteiger partial charge in [-0.3, -0.25) is 9.59 Å². The molecular weight excluding hydrogens is 302 g/mol. The Labute approximate surface area is 145 Å². The monoisotopic (exact) mass is 331 g/mol. The molecule has 5 heteroatoms. The fourth-order valence-corrected chi connectivity index (χ4v) is 2.93. The average Bonchev–Trinajstić information content (AvgIpc) is 2.79. The Morgan fingerprint density at radius 1 is 1.00 bits per heavy atom. The predicted octanol–water partition coefficient (Wildman–Crippen LogP) is 2.47. The van der Waals surface area contributed by atoms with Gasteiger partial charge in [-0.2, -0.15) is 0 Å². The summed E-state index contributed by atoms with van der Waals surface area (Å²) in [6, 6.07) is 7.68. The van der Waals surface area contributed by atoms with E-state index in [1.165, 1.54) is 0 Å². The van der Waals surface area contributed by atoms with Crippen molar-refractivity contribution in [1.29, 1.82) is 0 Å². The topological polar surface area (TPSA) is 43.9 Å². The molecule has 132 valence electrons. The Hall–Kier alpha value is -2.04. The largest absolute Gasteiger partial charge is 0.378 e. The maximum absolute atomic E-state index is 12.7. The molecule has 0 aromatic heterocycles. The van der Waals surface area contributed by atoms with Crippen LogP contribution in [0.15, 0.2) is 24.3 Å². The van der Waals surface area contributed by atoms with E-state index >= 15 is 0 Å². The highest BCUT2D eigenvalue weighted by Crippen LogP contribution is 2.15. The molecule has 2 rings (SSSR count). The Morgan fingerprint density at radius 2 is 1.58 bits per heavy atom. The van der Waals surface area contributed by atoms with Crippen molar-refractivity contribution in [3.63, 3.8) is 0 Å². The predicted molar refractivity (Wildman–Crippen MR) is 97.3 cm³/mol. The van der Waals surface area contributed by atoms with Crippen LogP contribution >= 0.6 is 0 Å². The zero-order valence-electron chi connectivity index (χ0n) is 15.3. The molecule has 0 saturated carbocycles. The smallest absolute Gasteiger partial charge is 0.253 e. The van der Waals surface area contributed by atoms with E-state index < -0.39 is 0 Å². The molecule has 0 unspecified atom stereocenters. The molecule has 24 heavy (non-hydrogen) atoms. The summed E-state index contributed by atoms with van der Waals surface area (Å²) in [5, 5.41) is 0. The number of hydrogen-bond donors (Lipinski definition) is 0. The minimum atomic E-state index is 0.0541. The highest BCUT2D eigenvalue weighted by molar-refractivity contribution is 5.94. The molecule has 1 fully saturated rings. The molecule has 1 aromatic carbocycles. The van der Waals surface area contributed by atoms with Crippen LogP contribution in [0.1, 0.15) is 37.0 Å². The number of amides is 2. The summed E-state index contributed by atoms with van der Waals surface area (Å²) in [6.07, 6.45) is 1.42. The molecule has 0 radical (unpaired) electrons. The maximum atomic E-state index is 12.7. The molecule has 2 amide bonds. The third-order valence-corrected chi connectivity index (χ3v) is 4.35. The first-order valence-corrected chi connectivity index (χ1v) is 8.73. The van der Waals surface area contributed by atoms with Gasteiger partial charge in [-0.25, -0.2) is 0 Å². The van der Waals surface area contributed by atoms with Crippen LogP contribution in [0.2, 0.25) is 0 Å². The molecule has 1 aromatic rings. The van der Waals surface area contributed by atoms with E-state index in [-0.39, 0.29) is 11.8 Å². The second-order valence-corrected chi connectivity index (χ2v) is 7.07. The summed E-state index contributed by atoms with van der Waals surface area (Å²) >= 11 is 0. The number of carbonyl (C=O) groups excluding carboxylic acids is 2. The van der Waals surface area contributed by atoms with Gasteiger partial charge in [0.25, 0.3) is 5.91 Å². The third kappa shape index (κ3) is 4.73. The van der Waals surface area contributed by atoms with Crippen molar-refractivity contribution in [2.75, 3.05) is 45.2 Å². The highest BCUT2D eigenvalue weighted by atomic mass is 16.2. The maximum Gasteiger partial charge on any atom is 0.253 e. The van der Waals surface area contributed by atoms with Crippen molar-refractivity contribution >= 4 is 17.5 Å². The first-order chi connectivity index (χ1) is 11.4. The van der Waals surface area contributed by atoms with Crippen LogP contribution in [-0.4, -0.2) is 61.9 Å². The van der Waals surface area contributed by atoms with Gasteiger partial charge in [0.2, 0.25) is 5.91 Å². The summed E-state index contributed by atoms with van der Waals surface area (Å²) in [5.41, 5.74) is 1.79. The lowest BCUT2D eigenvalue weighted by atomic mass is 10.1. The van der Waals surface area contributed by atoms with Gasteiger partial charge in [-0.15, -0.1) is 0 Å². The number of rotatable bonds is 4. The van der Waals surface area contributed by atoms with Crippen LogP contribution in [0.4, 0.5) is 5.69 Å². The quantitative estimate of drug-likeness (QED) is 0.851. The Kier molecular flexibility index (Phi) is 6.23. The van der Waals surface area contributed by atoms with Gasteiger partial charge in [0.1, 0.15) is 0 Å². The standard InChI is InChI=1S/C19H29N3O2/c1-15(2)14-18(23)21-10-5-11-22(13-12-21)19(24)16-6-8-17(9-7-16)20(3)4/h6-9,15H,5,10-14H2,1-4H3. The first kappa shape index (κ1) is 18.3. The molecule has 0 N–H and O–H groups in total. The zero-order valence-corrected chi connectivity index (χ0v) is 15.3. The molecule has 1 aliphatic heterocycles. The fourth-order valence-electron chi connectivity index (χ4n) is 2.93. The van der Waals surface area contributed by atoms with Crippen LogP contribution in [0.3, 0.4) is 0 Å². The lowest BCUT2D eigenvalue weighted by Gasteiger charge is -2.23. The van der Waals surface area contributed by atoms with E-state index in [4.69, 9.17) is 0 Å². The van der Waals surface area contributed by atoms with E-state index in [1.807, 2.05) is 53.1 Å².